The Labute approximate surface area is 179 Å². The molecule has 0 unspecified atom stereocenters. The van der Waals surface area contributed by atoms with Gasteiger partial charge in [-0.05, 0) is 52.9 Å². The highest BCUT2D eigenvalue weighted by Crippen LogP contribution is 2.16. The van der Waals surface area contributed by atoms with Crippen molar-refractivity contribution in [3.8, 4) is 0 Å². The van der Waals surface area contributed by atoms with Gasteiger partial charge in [-0.3, -0.25) is 9.59 Å². The minimum absolute atomic E-state index is 0.145. The predicted molar refractivity (Wildman–Crippen MR) is 119 cm³/mol. The molecule has 0 radical (unpaired) electrons. The van der Waals surface area contributed by atoms with Crippen molar-refractivity contribution in [1.29, 1.82) is 0 Å². The van der Waals surface area contributed by atoms with E-state index in [0.717, 1.165) is 22.3 Å². The molecule has 3 aromatic rings. The number of nitrogens with zero attached hydrogens (tertiary/aromatic N) is 5. The van der Waals surface area contributed by atoms with Crippen LogP contribution in [0, 0.1) is 6.92 Å². The van der Waals surface area contributed by atoms with Crippen molar-refractivity contribution in [1.82, 2.24) is 9.55 Å². The Kier molecular flexibility index (Phi) is 6.98. The number of rotatable bonds is 8. The molecule has 8 nitrogen and oxygen atoms in total. The fraction of sp³-hybridized carbons (Fsp3) is 0.174. The number of benzene rings is 2. The Morgan fingerprint density at radius 1 is 1.19 bits per heavy atom. The number of hydrogen-bond acceptors (Lipinski definition) is 4. The molecule has 1 aromatic heterocycles. The van der Waals surface area contributed by atoms with Gasteiger partial charge in [0.2, 0.25) is 11.7 Å². The van der Waals surface area contributed by atoms with Crippen molar-refractivity contribution >= 4 is 23.5 Å². The summed E-state index contributed by atoms with van der Waals surface area (Å²) >= 11 is 0. The zero-order valence-corrected chi connectivity index (χ0v) is 17.3. The van der Waals surface area contributed by atoms with Gasteiger partial charge in [0, 0.05) is 30.0 Å². The van der Waals surface area contributed by atoms with Crippen molar-refractivity contribution in [2.24, 2.45) is 12.2 Å². The first-order valence-corrected chi connectivity index (χ1v) is 9.64. The van der Waals surface area contributed by atoms with Crippen molar-refractivity contribution < 1.29 is 9.59 Å². The van der Waals surface area contributed by atoms with E-state index in [9.17, 15) is 9.59 Å². The minimum Gasteiger partial charge on any atom is -0.331 e. The van der Waals surface area contributed by atoms with Crippen LogP contribution < -0.4 is 5.32 Å². The molecular formula is C23H22N6O2. The summed E-state index contributed by atoms with van der Waals surface area (Å²) in [6.45, 7) is 2.15. The number of amides is 1. The molecule has 0 spiro atoms. The smallest absolute Gasteiger partial charge is 0.228 e. The molecular weight excluding hydrogens is 392 g/mol. The predicted octanol–water partition coefficient (Wildman–Crippen LogP) is 4.62. The van der Waals surface area contributed by atoms with Gasteiger partial charge in [-0.15, -0.1) is 0 Å². The molecule has 2 aromatic carbocycles. The average Bonchev–Trinajstić information content (AvgIpc) is 3.17. The number of nitrogens with one attached hydrogen (secondary N) is 1. The maximum atomic E-state index is 12.4. The average molecular weight is 414 g/mol. The van der Waals surface area contributed by atoms with E-state index >= 15 is 0 Å². The third-order valence-corrected chi connectivity index (χ3v) is 4.55. The molecule has 156 valence electrons. The van der Waals surface area contributed by atoms with E-state index < -0.39 is 0 Å². The van der Waals surface area contributed by atoms with Gasteiger partial charge >= 0.3 is 0 Å². The molecule has 31 heavy (non-hydrogen) atoms. The maximum Gasteiger partial charge on any atom is 0.228 e. The highest BCUT2D eigenvalue weighted by atomic mass is 16.1. The lowest BCUT2D eigenvalue weighted by atomic mass is 10.1. The number of aromatic nitrogens is 2. The number of ketones is 1. The summed E-state index contributed by atoms with van der Waals surface area (Å²) in [6, 6.07) is 13.0. The van der Waals surface area contributed by atoms with Crippen molar-refractivity contribution in [3.63, 3.8) is 0 Å². The van der Waals surface area contributed by atoms with Crippen LogP contribution in [0.3, 0.4) is 0 Å². The molecule has 0 aliphatic rings. The van der Waals surface area contributed by atoms with Crippen LogP contribution in [0.5, 0.6) is 0 Å². The van der Waals surface area contributed by atoms with E-state index in [1.807, 2.05) is 43.3 Å². The Morgan fingerprint density at radius 2 is 1.97 bits per heavy atom. The molecule has 1 amide bonds. The number of anilines is 1. The highest BCUT2D eigenvalue weighted by Gasteiger charge is 2.08. The second-order valence-corrected chi connectivity index (χ2v) is 7.12. The molecule has 0 atom stereocenters. The Hall–Kier alpha value is -4.16. The molecule has 0 bridgehead atoms. The third kappa shape index (κ3) is 6.16. The van der Waals surface area contributed by atoms with Gasteiger partial charge in [0.1, 0.15) is 0 Å². The number of carbonyl (C=O) groups is 2. The molecule has 3 rings (SSSR count). The minimum atomic E-state index is -0.172. The van der Waals surface area contributed by atoms with Gasteiger partial charge < -0.3 is 9.88 Å². The monoisotopic (exact) mass is 414 g/mol. The topological polar surface area (TPSA) is 113 Å². The van der Waals surface area contributed by atoms with Crippen LogP contribution in [0.2, 0.25) is 0 Å². The first kappa shape index (κ1) is 21.5. The maximum absolute atomic E-state index is 12.4. The van der Waals surface area contributed by atoms with Gasteiger partial charge in [-0.25, -0.2) is 4.98 Å². The van der Waals surface area contributed by atoms with E-state index in [-0.39, 0.29) is 24.7 Å². The van der Waals surface area contributed by atoms with Crippen LogP contribution >= 0.6 is 0 Å². The lowest BCUT2D eigenvalue weighted by molar-refractivity contribution is -0.115. The molecule has 0 saturated carbocycles. The molecule has 0 aliphatic heterocycles. The van der Waals surface area contributed by atoms with Crippen molar-refractivity contribution in [2.45, 2.75) is 19.9 Å². The molecule has 0 aliphatic carbocycles. The van der Waals surface area contributed by atoms with Gasteiger partial charge in [-0.1, -0.05) is 41.5 Å². The second-order valence-electron chi connectivity index (χ2n) is 7.12. The molecule has 8 heteroatoms. The zero-order chi connectivity index (χ0) is 22.2. The number of carbonyl (C=O) groups excluding carboxylic acids is 2. The number of aryl methyl sites for hydroxylation is 2. The van der Waals surface area contributed by atoms with E-state index in [1.54, 1.807) is 36.2 Å². The van der Waals surface area contributed by atoms with Crippen molar-refractivity contribution in [2.75, 3.05) is 5.32 Å². The van der Waals surface area contributed by atoms with Gasteiger partial charge in [0.25, 0.3) is 0 Å². The number of imidazole rings is 1. The lowest BCUT2D eigenvalue weighted by Gasteiger charge is -2.09. The summed E-state index contributed by atoms with van der Waals surface area (Å²) in [4.78, 5) is 31.4. The highest BCUT2D eigenvalue weighted by molar-refractivity contribution is 6.04. The first-order chi connectivity index (χ1) is 14.9. The van der Waals surface area contributed by atoms with Crippen LogP contribution in [0.25, 0.3) is 16.5 Å². The van der Waals surface area contributed by atoms with E-state index in [1.165, 1.54) is 6.08 Å². The molecule has 1 heterocycles. The molecule has 1 N–H and O–H groups in total. The summed E-state index contributed by atoms with van der Waals surface area (Å²) in [5, 5.41) is 6.44. The van der Waals surface area contributed by atoms with Crippen LogP contribution in [-0.4, -0.2) is 21.2 Å². The fourth-order valence-corrected chi connectivity index (χ4v) is 3.13. The van der Waals surface area contributed by atoms with E-state index in [0.29, 0.717) is 11.5 Å². The number of hydrogen-bond donors (Lipinski definition) is 1. The largest absolute Gasteiger partial charge is 0.331 e. The second kappa shape index (κ2) is 10.0. The SMILES string of the molecule is Cc1cc(CN=[N+]=[N-])cc(NC(=O)Cc2ccc(/C=C/C(=O)c3nccn3C)cc2)c1. The Morgan fingerprint density at radius 3 is 2.65 bits per heavy atom. The van der Waals surface area contributed by atoms with Gasteiger partial charge in [0.05, 0.1) is 13.0 Å². The normalized spacial score (nSPS) is 10.6. The summed E-state index contributed by atoms with van der Waals surface area (Å²) < 4.78 is 1.67. The Balaban J connectivity index is 1.59. The molecule has 0 saturated heterocycles. The standard InChI is InChI=1S/C23H22N6O2/c1-16-11-19(15-26-28-24)13-20(12-16)27-22(31)14-18-5-3-17(4-6-18)7-8-21(30)23-25-9-10-29(23)2/h3-13H,14-15H2,1-2H3,(H,27,31)/b8-7+. The van der Waals surface area contributed by atoms with E-state index in [2.05, 4.69) is 20.3 Å². The number of allylic oxidation sites excluding steroid dienone is 1. The quantitative estimate of drug-likeness (QED) is 0.191. The zero-order valence-electron chi connectivity index (χ0n) is 17.3. The fourth-order valence-electron chi connectivity index (χ4n) is 3.13. The van der Waals surface area contributed by atoms with Gasteiger partial charge in [-0.2, -0.15) is 0 Å². The Bertz CT molecular complexity index is 1170. The summed E-state index contributed by atoms with van der Waals surface area (Å²) in [6.07, 6.45) is 6.72. The molecule has 0 fully saturated rings. The summed E-state index contributed by atoms with van der Waals surface area (Å²) in [7, 11) is 1.77. The lowest BCUT2D eigenvalue weighted by Crippen LogP contribution is -2.14. The summed E-state index contributed by atoms with van der Waals surface area (Å²) in [5.41, 5.74) is 12.7. The van der Waals surface area contributed by atoms with Crippen LogP contribution in [-0.2, 0) is 24.8 Å². The van der Waals surface area contributed by atoms with Crippen LogP contribution in [0.4, 0.5) is 5.69 Å². The van der Waals surface area contributed by atoms with Crippen LogP contribution in [0.1, 0.15) is 32.9 Å². The summed E-state index contributed by atoms with van der Waals surface area (Å²) in [5.74, 6) is 0.0609. The number of azide groups is 1. The first-order valence-electron chi connectivity index (χ1n) is 9.64. The third-order valence-electron chi connectivity index (χ3n) is 4.55. The van der Waals surface area contributed by atoms with Crippen molar-refractivity contribution in [3.05, 3.63) is 99.5 Å². The van der Waals surface area contributed by atoms with Gasteiger partial charge in [0.15, 0.2) is 5.82 Å². The van der Waals surface area contributed by atoms with E-state index in [4.69, 9.17) is 5.53 Å². The van der Waals surface area contributed by atoms with Crippen LogP contribution in [0.15, 0.2) is 66.0 Å².